The van der Waals surface area contributed by atoms with Gasteiger partial charge in [-0.3, -0.25) is 14.9 Å². The number of esters is 2. The molecule has 1 aromatic rings. The average Bonchev–Trinajstić information content (AvgIpc) is 2.60. The molecule has 1 unspecified atom stereocenters. The molecular formula is C20H25N3O6. The Morgan fingerprint density at radius 3 is 2.55 bits per heavy atom. The number of para-hydroxylation sites is 1. The molecule has 156 valence electrons. The Labute approximate surface area is 168 Å². The lowest BCUT2D eigenvalue weighted by Crippen LogP contribution is -2.47. The number of rotatable bonds is 6. The summed E-state index contributed by atoms with van der Waals surface area (Å²) in [6.45, 7) is 6.58. The Balaban J connectivity index is 2.55. The number of carbonyl (C=O) groups excluding carboxylic acids is 4. The second-order valence-electron chi connectivity index (χ2n) is 6.70. The zero-order valence-electron chi connectivity index (χ0n) is 16.8. The third kappa shape index (κ3) is 5.81. The zero-order chi connectivity index (χ0) is 21.6. The average molecular weight is 403 g/mol. The zero-order valence-corrected chi connectivity index (χ0v) is 16.8. The molecule has 3 amide bonds. The number of amides is 3. The Morgan fingerprint density at radius 2 is 1.93 bits per heavy atom. The normalized spacial score (nSPS) is 16.2. The van der Waals surface area contributed by atoms with Gasteiger partial charge in [-0.2, -0.15) is 0 Å². The lowest BCUT2D eigenvalue weighted by Gasteiger charge is -2.29. The van der Waals surface area contributed by atoms with E-state index in [-0.39, 0.29) is 36.2 Å². The molecule has 1 aromatic carbocycles. The van der Waals surface area contributed by atoms with Gasteiger partial charge in [0.2, 0.25) is 5.91 Å². The van der Waals surface area contributed by atoms with Crippen LogP contribution in [0.5, 0.6) is 5.75 Å². The number of hydrogen-bond acceptors (Lipinski definition) is 6. The van der Waals surface area contributed by atoms with Crippen molar-refractivity contribution in [3.8, 4) is 5.75 Å². The molecule has 0 saturated carbocycles. The van der Waals surface area contributed by atoms with E-state index < -0.39 is 29.8 Å². The maximum atomic E-state index is 12.7. The van der Waals surface area contributed by atoms with E-state index >= 15 is 0 Å². The highest BCUT2D eigenvalue weighted by molar-refractivity contribution is 5.97. The van der Waals surface area contributed by atoms with Crippen LogP contribution in [-0.2, 0) is 19.1 Å². The highest BCUT2D eigenvalue weighted by atomic mass is 16.5. The molecule has 2 rings (SSSR count). The smallest absolute Gasteiger partial charge is 0.338 e. The minimum atomic E-state index is -0.771. The van der Waals surface area contributed by atoms with Gasteiger partial charge in [-0.05, 0) is 26.8 Å². The number of hydrogen-bond donors (Lipinski definition) is 3. The van der Waals surface area contributed by atoms with Crippen molar-refractivity contribution in [2.24, 2.45) is 0 Å². The summed E-state index contributed by atoms with van der Waals surface area (Å²) in [6.07, 6.45) is -0.0800. The molecule has 29 heavy (non-hydrogen) atoms. The summed E-state index contributed by atoms with van der Waals surface area (Å²) in [5.74, 6) is -2.22. The van der Waals surface area contributed by atoms with Gasteiger partial charge in [-0.1, -0.05) is 18.2 Å². The van der Waals surface area contributed by atoms with E-state index in [1.54, 1.807) is 45.0 Å². The van der Waals surface area contributed by atoms with E-state index in [0.29, 0.717) is 5.56 Å². The van der Waals surface area contributed by atoms with Crippen LogP contribution in [0.2, 0.25) is 0 Å². The van der Waals surface area contributed by atoms with E-state index in [1.165, 1.54) is 6.92 Å². The summed E-state index contributed by atoms with van der Waals surface area (Å²) in [6, 6.07) is 5.88. The molecule has 0 spiro atoms. The van der Waals surface area contributed by atoms with Crippen molar-refractivity contribution < 1.29 is 28.7 Å². The van der Waals surface area contributed by atoms with Crippen molar-refractivity contribution in [2.75, 3.05) is 6.61 Å². The van der Waals surface area contributed by atoms with E-state index in [4.69, 9.17) is 9.47 Å². The molecular weight excluding hydrogens is 378 g/mol. The van der Waals surface area contributed by atoms with Gasteiger partial charge in [0.25, 0.3) is 0 Å². The second-order valence-corrected chi connectivity index (χ2v) is 6.70. The van der Waals surface area contributed by atoms with Crippen molar-refractivity contribution in [1.82, 2.24) is 16.0 Å². The van der Waals surface area contributed by atoms with Crippen molar-refractivity contribution in [3.63, 3.8) is 0 Å². The van der Waals surface area contributed by atoms with E-state index in [0.717, 1.165) is 0 Å². The van der Waals surface area contributed by atoms with Gasteiger partial charge >= 0.3 is 18.0 Å². The maximum Gasteiger partial charge on any atom is 0.338 e. The molecule has 0 fully saturated rings. The summed E-state index contributed by atoms with van der Waals surface area (Å²) in [7, 11) is 0. The van der Waals surface area contributed by atoms with Gasteiger partial charge in [0.15, 0.2) is 0 Å². The summed E-state index contributed by atoms with van der Waals surface area (Å²) < 4.78 is 10.4. The molecule has 0 radical (unpaired) electrons. The monoisotopic (exact) mass is 403 g/mol. The van der Waals surface area contributed by atoms with Gasteiger partial charge < -0.3 is 20.1 Å². The van der Waals surface area contributed by atoms with Crippen LogP contribution in [0, 0.1) is 0 Å². The van der Waals surface area contributed by atoms with Crippen LogP contribution in [0.25, 0.3) is 0 Å². The second kappa shape index (κ2) is 9.72. The van der Waals surface area contributed by atoms with Crippen molar-refractivity contribution in [3.05, 3.63) is 41.2 Å². The fourth-order valence-corrected chi connectivity index (χ4v) is 2.96. The first-order valence-electron chi connectivity index (χ1n) is 9.28. The van der Waals surface area contributed by atoms with Gasteiger partial charge in [-0.15, -0.1) is 0 Å². The molecule has 1 atom stereocenters. The summed E-state index contributed by atoms with van der Waals surface area (Å²) in [5.41, 5.74) is 0.536. The standard InChI is InChI=1S/C20H25N3O6/c1-5-28-19(26)17-14(13-8-6-7-9-15(13)29-12(4)24)10-16(25)22-18(17)23-20(27)21-11(2)3/h6-9,11,14H,5,10H2,1-4H3,(H,22,25)(H2,21,23,27). The Morgan fingerprint density at radius 1 is 1.24 bits per heavy atom. The maximum absolute atomic E-state index is 12.7. The molecule has 1 heterocycles. The predicted octanol–water partition coefficient (Wildman–Crippen LogP) is 1.70. The molecule has 0 saturated heterocycles. The van der Waals surface area contributed by atoms with E-state index in [2.05, 4.69) is 16.0 Å². The molecule has 9 heteroatoms. The van der Waals surface area contributed by atoms with Gasteiger partial charge in [0, 0.05) is 30.9 Å². The lowest BCUT2D eigenvalue weighted by atomic mass is 9.85. The lowest BCUT2D eigenvalue weighted by molar-refractivity contribution is -0.139. The van der Waals surface area contributed by atoms with E-state index in [9.17, 15) is 19.2 Å². The number of nitrogens with one attached hydrogen (secondary N) is 3. The largest absolute Gasteiger partial charge is 0.463 e. The summed E-state index contributed by atoms with van der Waals surface area (Å²) in [5, 5.41) is 7.68. The fourth-order valence-electron chi connectivity index (χ4n) is 2.96. The number of carbonyl (C=O) groups is 4. The first kappa shape index (κ1) is 21.9. The molecule has 0 bridgehead atoms. The highest BCUT2D eigenvalue weighted by Gasteiger charge is 2.36. The third-order valence-corrected chi connectivity index (χ3v) is 3.97. The molecule has 0 aliphatic carbocycles. The molecule has 1 aliphatic heterocycles. The van der Waals surface area contributed by atoms with Crippen molar-refractivity contribution in [1.29, 1.82) is 0 Å². The van der Waals surface area contributed by atoms with Crippen LogP contribution in [0.1, 0.15) is 45.6 Å². The van der Waals surface area contributed by atoms with Crippen LogP contribution < -0.4 is 20.7 Å². The first-order valence-corrected chi connectivity index (χ1v) is 9.28. The molecule has 0 aromatic heterocycles. The Hall–Kier alpha value is -3.36. The van der Waals surface area contributed by atoms with Crippen molar-refractivity contribution >= 4 is 23.9 Å². The van der Waals surface area contributed by atoms with Crippen molar-refractivity contribution in [2.45, 2.75) is 46.1 Å². The predicted molar refractivity (Wildman–Crippen MR) is 104 cm³/mol. The van der Waals surface area contributed by atoms with Crippen LogP contribution >= 0.6 is 0 Å². The number of ether oxygens (including phenoxy) is 2. The fraction of sp³-hybridized carbons (Fsp3) is 0.400. The summed E-state index contributed by atoms with van der Waals surface area (Å²) >= 11 is 0. The minimum absolute atomic E-state index is 0.0551. The quantitative estimate of drug-likeness (QED) is 0.491. The van der Waals surface area contributed by atoms with Crippen LogP contribution in [-0.4, -0.2) is 36.5 Å². The topological polar surface area (TPSA) is 123 Å². The van der Waals surface area contributed by atoms with Gasteiger partial charge in [-0.25, -0.2) is 9.59 Å². The van der Waals surface area contributed by atoms with Crippen LogP contribution in [0.4, 0.5) is 4.79 Å². The minimum Gasteiger partial charge on any atom is -0.463 e. The summed E-state index contributed by atoms with van der Waals surface area (Å²) in [4.78, 5) is 48.7. The Bertz CT molecular complexity index is 846. The first-order chi connectivity index (χ1) is 13.7. The Kier molecular flexibility index (Phi) is 7.35. The third-order valence-electron chi connectivity index (χ3n) is 3.97. The number of urea groups is 1. The highest BCUT2D eigenvalue weighted by Crippen LogP contribution is 2.38. The van der Waals surface area contributed by atoms with Gasteiger partial charge in [0.1, 0.15) is 11.6 Å². The van der Waals surface area contributed by atoms with Crippen LogP contribution in [0.15, 0.2) is 35.7 Å². The number of benzene rings is 1. The van der Waals surface area contributed by atoms with E-state index in [1.807, 2.05) is 0 Å². The van der Waals surface area contributed by atoms with Crippen LogP contribution in [0.3, 0.4) is 0 Å². The molecule has 3 N–H and O–H groups in total. The SMILES string of the molecule is CCOC(=O)C1=C(NC(=O)NC(C)C)NC(=O)CC1c1ccccc1OC(C)=O. The molecule has 1 aliphatic rings. The molecule has 9 nitrogen and oxygen atoms in total. The van der Waals surface area contributed by atoms with Gasteiger partial charge in [0.05, 0.1) is 12.2 Å².